The van der Waals surface area contributed by atoms with Crippen LogP contribution in [0.2, 0.25) is 0 Å². The van der Waals surface area contributed by atoms with E-state index in [1.54, 1.807) is 49.1 Å². The molecule has 0 fully saturated rings. The fourth-order valence-corrected chi connectivity index (χ4v) is 4.77. The standard InChI is InChI=1S/C30H30F2N4O2/c1-30(2,29(37)38)13-14-36-18-34-28(35-36)20-9-7-19(8-10-20)24-11-12-26(31)25(27(24)32)17-33-23-15-21-5-3-4-6-22(21)16-23/h3-12,18,23,33H,13-17H2,1-2H3,(H,37,38). The number of nitrogens with zero attached hydrogens (tertiary/aromatic N) is 3. The normalized spacial score (nSPS) is 13.6. The van der Waals surface area contributed by atoms with E-state index in [1.165, 1.54) is 23.3 Å². The average molecular weight is 517 g/mol. The second-order valence-electron chi connectivity index (χ2n) is 10.5. The number of benzene rings is 3. The molecular formula is C30H30F2N4O2. The number of aliphatic carboxylic acids is 1. The number of rotatable bonds is 9. The van der Waals surface area contributed by atoms with Gasteiger partial charge in [0.05, 0.1) is 5.41 Å². The van der Waals surface area contributed by atoms with Gasteiger partial charge in [-0.1, -0.05) is 48.5 Å². The lowest BCUT2D eigenvalue weighted by atomic mass is 9.90. The Kier molecular flexibility index (Phi) is 7.08. The molecule has 0 amide bonds. The van der Waals surface area contributed by atoms with E-state index in [0.717, 1.165) is 18.4 Å². The molecule has 0 bridgehead atoms. The molecule has 2 N–H and O–H groups in total. The quantitative estimate of drug-likeness (QED) is 0.301. The van der Waals surface area contributed by atoms with E-state index >= 15 is 4.39 Å². The van der Waals surface area contributed by atoms with Crippen LogP contribution in [0.5, 0.6) is 0 Å². The van der Waals surface area contributed by atoms with Gasteiger partial charge in [0.2, 0.25) is 0 Å². The van der Waals surface area contributed by atoms with Gasteiger partial charge in [-0.3, -0.25) is 9.48 Å². The van der Waals surface area contributed by atoms with Gasteiger partial charge in [-0.05, 0) is 61.9 Å². The molecule has 0 saturated heterocycles. The zero-order valence-corrected chi connectivity index (χ0v) is 21.4. The van der Waals surface area contributed by atoms with E-state index < -0.39 is 23.0 Å². The Morgan fingerprint density at radius 2 is 1.68 bits per heavy atom. The van der Waals surface area contributed by atoms with E-state index in [0.29, 0.717) is 29.9 Å². The number of hydrogen-bond donors (Lipinski definition) is 2. The summed E-state index contributed by atoms with van der Waals surface area (Å²) >= 11 is 0. The van der Waals surface area contributed by atoms with E-state index in [9.17, 15) is 14.3 Å². The van der Waals surface area contributed by atoms with Gasteiger partial charge in [-0.15, -0.1) is 0 Å². The molecule has 0 aliphatic heterocycles. The zero-order valence-electron chi connectivity index (χ0n) is 21.4. The number of carboxylic acids is 1. The molecule has 4 aromatic rings. The van der Waals surface area contributed by atoms with Gasteiger partial charge in [-0.2, -0.15) is 5.10 Å². The van der Waals surface area contributed by atoms with Crippen molar-refractivity contribution in [1.82, 2.24) is 20.1 Å². The van der Waals surface area contributed by atoms with Gasteiger partial charge >= 0.3 is 5.97 Å². The number of aryl methyl sites for hydroxylation is 1. The number of nitrogens with one attached hydrogen (secondary N) is 1. The van der Waals surface area contributed by atoms with Gasteiger partial charge in [0.25, 0.3) is 0 Å². The Bertz CT molecular complexity index is 1440. The molecule has 8 heteroatoms. The van der Waals surface area contributed by atoms with Gasteiger partial charge in [0, 0.05) is 35.8 Å². The van der Waals surface area contributed by atoms with Gasteiger partial charge < -0.3 is 10.4 Å². The van der Waals surface area contributed by atoms with Crippen LogP contribution in [0.3, 0.4) is 0 Å². The van der Waals surface area contributed by atoms with Crippen molar-refractivity contribution in [1.29, 1.82) is 0 Å². The Hall–Kier alpha value is -3.91. The fraction of sp³-hybridized carbons (Fsp3) is 0.300. The summed E-state index contributed by atoms with van der Waals surface area (Å²) in [4.78, 5) is 15.7. The third-order valence-electron chi connectivity index (χ3n) is 7.34. The molecule has 38 heavy (non-hydrogen) atoms. The molecule has 6 nitrogen and oxygen atoms in total. The Morgan fingerprint density at radius 1 is 1.03 bits per heavy atom. The van der Waals surface area contributed by atoms with Crippen LogP contribution >= 0.6 is 0 Å². The lowest BCUT2D eigenvalue weighted by Crippen LogP contribution is -2.29. The van der Waals surface area contributed by atoms with Crippen LogP contribution in [0.15, 0.2) is 67.0 Å². The fourth-order valence-electron chi connectivity index (χ4n) is 4.77. The molecule has 1 aliphatic rings. The van der Waals surface area contributed by atoms with Crippen LogP contribution < -0.4 is 5.32 Å². The maximum Gasteiger partial charge on any atom is 0.309 e. The van der Waals surface area contributed by atoms with Crippen LogP contribution in [0.1, 0.15) is 37.0 Å². The monoisotopic (exact) mass is 516 g/mol. The highest BCUT2D eigenvalue weighted by Crippen LogP contribution is 2.29. The summed E-state index contributed by atoms with van der Waals surface area (Å²) in [6, 6.07) is 18.3. The first-order valence-corrected chi connectivity index (χ1v) is 12.7. The van der Waals surface area contributed by atoms with Crippen molar-refractivity contribution in [2.75, 3.05) is 0 Å². The number of carbonyl (C=O) groups is 1. The van der Waals surface area contributed by atoms with E-state index in [4.69, 9.17) is 0 Å². The van der Waals surface area contributed by atoms with Crippen molar-refractivity contribution in [3.05, 3.63) is 95.3 Å². The first-order valence-electron chi connectivity index (χ1n) is 12.7. The molecule has 5 rings (SSSR count). The Labute approximate surface area is 220 Å². The molecule has 1 aliphatic carbocycles. The number of halogens is 2. The Morgan fingerprint density at radius 3 is 2.34 bits per heavy atom. The molecule has 0 radical (unpaired) electrons. The Balaban J connectivity index is 1.27. The van der Waals surface area contributed by atoms with Crippen molar-refractivity contribution in [2.24, 2.45) is 5.41 Å². The first kappa shape index (κ1) is 25.7. The molecule has 0 unspecified atom stereocenters. The molecule has 196 valence electrons. The van der Waals surface area contributed by atoms with Gasteiger partial charge in [-0.25, -0.2) is 13.8 Å². The summed E-state index contributed by atoms with van der Waals surface area (Å²) < 4.78 is 31.7. The summed E-state index contributed by atoms with van der Waals surface area (Å²) in [5.74, 6) is -1.49. The summed E-state index contributed by atoms with van der Waals surface area (Å²) in [5, 5.41) is 17.1. The first-order chi connectivity index (χ1) is 18.2. The smallest absolute Gasteiger partial charge is 0.309 e. The van der Waals surface area contributed by atoms with Crippen molar-refractivity contribution in [2.45, 2.75) is 52.2 Å². The second-order valence-corrected chi connectivity index (χ2v) is 10.5. The highest BCUT2D eigenvalue weighted by Gasteiger charge is 2.27. The van der Waals surface area contributed by atoms with E-state index in [1.807, 2.05) is 12.1 Å². The largest absolute Gasteiger partial charge is 0.481 e. The molecule has 0 saturated carbocycles. The number of aromatic nitrogens is 3. The highest BCUT2D eigenvalue weighted by molar-refractivity contribution is 5.73. The minimum atomic E-state index is -0.858. The molecule has 0 atom stereocenters. The summed E-state index contributed by atoms with van der Waals surface area (Å²) in [6.07, 6.45) is 3.69. The van der Waals surface area contributed by atoms with Crippen LogP contribution in [0.4, 0.5) is 8.78 Å². The predicted octanol–water partition coefficient (Wildman–Crippen LogP) is 5.65. The number of hydrogen-bond acceptors (Lipinski definition) is 4. The SMILES string of the molecule is CC(C)(CCn1cnc(-c2ccc(-c3ccc(F)c(CNC4Cc5ccccc5C4)c3F)cc2)n1)C(=O)O. The number of fused-ring (bicyclic) bond motifs is 1. The highest BCUT2D eigenvalue weighted by atomic mass is 19.1. The minimum Gasteiger partial charge on any atom is -0.481 e. The third kappa shape index (κ3) is 5.36. The zero-order chi connectivity index (χ0) is 26.9. The molecule has 1 aromatic heterocycles. The van der Waals surface area contributed by atoms with Crippen LogP contribution in [-0.4, -0.2) is 31.9 Å². The summed E-state index contributed by atoms with van der Waals surface area (Å²) in [7, 11) is 0. The lowest BCUT2D eigenvalue weighted by molar-refractivity contribution is -0.147. The summed E-state index contributed by atoms with van der Waals surface area (Å²) in [5.41, 5.74) is 3.44. The van der Waals surface area contributed by atoms with Crippen LogP contribution in [-0.2, 0) is 30.7 Å². The van der Waals surface area contributed by atoms with Crippen LogP contribution in [0, 0.1) is 17.0 Å². The van der Waals surface area contributed by atoms with E-state index in [2.05, 4.69) is 27.5 Å². The number of carboxylic acid groups (broad SMARTS) is 1. The van der Waals surface area contributed by atoms with E-state index in [-0.39, 0.29) is 18.2 Å². The van der Waals surface area contributed by atoms with Crippen LogP contribution in [0.25, 0.3) is 22.5 Å². The molecule has 0 spiro atoms. The minimum absolute atomic E-state index is 0.0345. The predicted molar refractivity (Wildman–Crippen MR) is 141 cm³/mol. The lowest BCUT2D eigenvalue weighted by Gasteiger charge is -2.18. The van der Waals surface area contributed by atoms with Crippen molar-refractivity contribution in [3.8, 4) is 22.5 Å². The third-order valence-corrected chi connectivity index (χ3v) is 7.34. The average Bonchev–Trinajstić information content (AvgIpc) is 3.54. The maximum absolute atomic E-state index is 15.5. The second kappa shape index (κ2) is 10.5. The van der Waals surface area contributed by atoms with Gasteiger partial charge in [0.1, 0.15) is 18.0 Å². The topological polar surface area (TPSA) is 80.0 Å². The molecular weight excluding hydrogens is 486 g/mol. The summed E-state index contributed by atoms with van der Waals surface area (Å²) in [6.45, 7) is 3.89. The molecule has 3 aromatic carbocycles. The molecule has 1 heterocycles. The van der Waals surface area contributed by atoms with Crippen molar-refractivity contribution >= 4 is 5.97 Å². The van der Waals surface area contributed by atoms with Crippen molar-refractivity contribution in [3.63, 3.8) is 0 Å². The van der Waals surface area contributed by atoms with Crippen molar-refractivity contribution < 1.29 is 18.7 Å². The maximum atomic E-state index is 15.5. The van der Waals surface area contributed by atoms with Gasteiger partial charge in [0.15, 0.2) is 5.82 Å².